The Hall–Kier alpha value is -1.84. The average molecular weight is 250 g/mol. The van der Waals surface area contributed by atoms with E-state index in [0.29, 0.717) is 12.8 Å². The lowest BCUT2D eigenvalue weighted by molar-refractivity contribution is -0.142. The largest absolute Gasteiger partial charge is 0.481 e. The van der Waals surface area contributed by atoms with Crippen LogP contribution in [-0.4, -0.2) is 22.2 Å². The Morgan fingerprint density at radius 3 is 1.56 bits per heavy atom. The molecular formula is C14H18O4. The topological polar surface area (TPSA) is 74.6 Å². The zero-order chi connectivity index (χ0) is 13.7. The van der Waals surface area contributed by atoms with E-state index >= 15 is 0 Å². The highest BCUT2D eigenvalue weighted by Crippen LogP contribution is 2.18. The summed E-state index contributed by atoms with van der Waals surface area (Å²) in [5.41, 5.74) is 1.83. The number of hydrogen-bond donors (Lipinski definition) is 2. The highest BCUT2D eigenvalue weighted by molar-refractivity contribution is 5.70. The third-order valence-corrected chi connectivity index (χ3v) is 3.01. The number of benzene rings is 1. The van der Waals surface area contributed by atoms with Gasteiger partial charge in [-0.25, -0.2) is 0 Å². The number of rotatable bonds is 6. The van der Waals surface area contributed by atoms with Crippen molar-refractivity contribution in [2.24, 2.45) is 11.8 Å². The van der Waals surface area contributed by atoms with Gasteiger partial charge in [0.1, 0.15) is 0 Å². The minimum Gasteiger partial charge on any atom is -0.481 e. The van der Waals surface area contributed by atoms with Crippen LogP contribution in [0.3, 0.4) is 0 Å². The summed E-state index contributed by atoms with van der Waals surface area (Å²) < 4.78 is 0. The summed E-state index contributed by atoms with van der Waals surface area (Å²) in [5, 5.41) is 17.8. The summed E-state index contributed by atoms with van der Waals surface area (Å²) in [6.07, 6.45) is 0.857. The number of carboxylic acid groups (broad SMARTS) is 2. The third-order valence-electron chi connectivity index (χ3n) is 3.01. The van der Waals surface area contributed by atoms with Crippen molar-refractivity contribution in [2.75, 3.05) is 0 Å². The zero-order valence-corrected chi connectivity index (χ0v) is 10.6. The Balaban J connectivity index is 2.86. The Labute approximate surface area is 106 Å². The van der Waals surface area contributed by atoms with Crippen molar-refractivity contribution in [2.45, 2.75) is 26.7 Å². The highest BCUT2D eigenvalue weighted by Gasteiger charge is 2.17. The molecule has 0 aliphatic carbocycles. The molecule has 1 aromatic carbocycles. The van der Waals surface area contributed by atoms with Crippen molar-refractivity contribution in [3.63, 3.8) is 0 Å². The Bertz CT molecular complexity index is 398. The molecular weight excluding hydrogens is 232 g/mol. The molecule has 98 valence electrons. The first-order valence-electron chi connectivity index (χ1n) is 5.94. The van der Waals surface area contributed by atoms with Crippen LogP contribution in [0.25, 0.3) is 0 Å². The lowest BCUT2D eigenvalue weighted by atomic mass is 9.92. The molecule has 4 nitrogen and oxygen atoms in total. The summed E-state index contributed by atoms with van der Waals surface area (Å²) in [7, 11) is 0. The van der Waals surface area contributed by atoms with Gasteiger partial charge in [-0.2, -0.15) is 0 Å². The van der Waals surface area contributed by atoms with Crippen LogP contribution in [0.15, 0.2) is 24.3 Å². The Kier molecular flexibility index (Phi) is 4.89. The first-order chi connectivity index (χ1) is 8.41. The molecule has 0 aromatic heterocycles. The number of hydrogen-bond acceptors (Lipinski definition) is 2. The molecule has 1 rings (SSSR count). The van der Waals surface area contributed by atoms with Crippen molar-refractivity contribution >= 4 is 11.9 Å². The predicted octanol–water partition coefficient (Wildman–Crippen LogP) is 2.21. The molecule has 0 spiro atoms. The second-order valence-corrected chi connectivity index (χ2v) is 4.66. The van der Waals surface area contributed by atoms with Crippen molar-refractivity contribution in [1.82, 2.24) is 0 Å². The fraction of sp³-hybridized carbons (Fsp3) is 0.429. The molecule has 2 atom stereocenters. The molecule has 2 N–H and O–H groups in total. The maximum Gasteiger partial charge on any atom is 0.306 e. The van der Waals surface area contributed by atoms with E-state index < -0.39 is 23.8 Å². The van der Waals surface area contributed by atoms with E-state index in [-0.39, 0.29) is 0 Å². The normalized spacial score (nSPS) is 13.9. The van der Waals surface area contributed by atoms with E-state index in [1.165, 1.54) is 0 Å². The van der Waals surface area contributed by atoms with Crippen LogP contribution < -0.4 is 0 Å². The lowest BCUT2D eigenvalue weighted by Gasteiger charge is -2.13. The first-order valence-corrected chi connectivity index (χ1v) is 5.94. The molecule has 2 unspecified atom stereocenters. The molecule has 0 aliphatic heterocycles. The lowest BCUT2D eigenvalue weighted by Crippen LogP contribution is -2.16. The number of carboxylic acids is 2. The van der Waals surface area contributed by atoms with Gasteiger partial charge in [-0.15, -0.1) is 0 Å². The van der Waals surface area contributed by atoms with Gasteiger partial charge in [0, 0.05) is 0 Å². The predicted molar refractivity (Wildman–Crippen MR) is 67.4 cm³/mol. The standard InChI is InChI=1S/C14H18O4/c1-9(13(15)16)7-11-5-3-4-6-12(11)8-10(2)14(17)18/h3-6,9-10H,7-8H2,1-2H3,(H,15,16)(H,17,18). The molecule has 1 aromatic rings. The van der Waals surface area contributed by atoms with Crippen molar-refractivity contribution in [1.29, 1.82) is 0 Å². The van der Waals surface area contributed by atoms with Gasteiger partial charge in [0.05, 0.1) is 11.8 Å². The molecule has 0 fully saturated rings. The smallest absolute Gasteiger partial charge is 0.306 e. The fourth-order valence-corrected chi connectivity index (χ4v) is 1.79. The summed E-state index contributed by atoms with van der Waals surface area (Å²) in [5.74, 6) is -2.61. The van der Waals surface area contributed by atoms with Gasteiger partial charge in [-0.1, -0.05) is 38.1 Å². The van der Waals surface area contributed by atoms with E-state index in [1.807, 2.05) is 24.3 Å². The van der Waals surface area contributed by atoms with Gasteiger partial charge in [-0.05, 0) is 24.0 Å². The minimum atomic E-state index is -0.837. The summed E-state index contributed by atoms with van der Waals surface area (Å²) >= 11 is 0. The zero-order valence-electron chi connectivity index (χ0n) is 10.6. The molecule has 4 heteroatoms. The van der Waals surface area contributed by atoms with E-state index in [9.17, 15) is 9.59 Å². The van der Waals surface area contributed by atoms with Crippen molar-refractivity contribution < 1.29 is 19.8 Å². The molecule has 0 saturated heterocycles. The molecule has 0 aliphatic rings. The van der Waals surface area contributed by atoms with E-state index in [0.717, 1.165) is 11.1 Å². The molecule has 0 heterocycles. The van der Waals surface area contributed by atoms with Crippen LogP contribution in [0.4, 0.5) is 0 Å². The van der Waals surface area contributed by atoms with Gasteiger partial charge in [0.2, 0.25) is 0 Å². The fourth-order valence-electron chi connectivity index (χ4n) is 1.79. The minimum absolute atomic E-state index is 0.428. The van der Waals surface area contributed by atoms with Crippen LogP contribution in [0.1, 0.15) is 25.0 Å². The van der Waals surface area contributed by atoms with Crippen LogP contribution in [0.5, 0.6) is 0 Å². The molecule has 18 heavy (non-hydrogen) atoms. The number of aliphatic carboxylic acids is 2. The molecule has 0 saturated carbocycles. The second kappa shape index (κ2) is 6.19. The van der Waals surface area contributed by atoms with E-state index in [2.05, 4.69) is 0 Å². The van der Waals surface area contributed by atoms with E-state index in [4.69, 9.17) is 10.2 Å². The Morgan fingerprint density at radius 1 is 0.944 bits per heavy atom. The van der Waals surface area contributed by atoms with Gasteiger partial charge < -0.3 is 10.2 Å². The average Bonchev–Trinajstić information content (AvgIpc) is 2.31. The second-order valence-electron chi connectivity index (χ2n) is 4.66. The summed E-state index contributed by atoms with van der Waals surface area (Å²) in [6, 6.07) is 7.42. The maximum absolute atomic E-state index is 10.9. The van der Waals surface area contributed by atoms with Gasteiger partial charge >= 0.3 is 11.9 Å². The summed E-state index contributed by atoms with van der Waals surface area (Å²) in [6.45, 7) is 3.31. The van der Waals surface area contributed by atoms with Crippen LogP contribution >= 0.6 is 0 Å². The molecule has 0 bridgehead atoms. The Morgan fingerprint density at radius 2 is 1.28 bits per heavy atom. The summed E-state index contributed by atoms with van der Waals surface area (Å²) in [4.78, 5) is 21.7. The maximum atomic E-state index is 10.9. The quantitative estimate of drug-likeness (QED) is 0.811. The van der Waals surface area contributed by atoms with Crippen LogP contribution in [0, 0.1) is 11.8 Å². The number of carbonyl (C=O) groups is 2. The molecule has 0 radical (unpaired) electrons. The van der Waals surface area contributed by atoms with Crippen molar-refractivity contribution in [3.8, 4) is 0 Å². The SMILES string of the molecule is CC(Cc1ccccc1CC(C)C(=O)O)C(=O)O. The van der Waals surface area contributed by atoms with Gasteiger partial charge in [-0.3, -0.25) is 9.59 Å². The highest BCUT2D eigenvalue weighted by atomic mass is 16.4. The van der Waals surface area contributed by atoms with Crippen molar-refractivity contribution in [3.05, 3.63) is 35.4 Å². The van der Waals surface area contributed by atoms with Gasteiger partial charge in [0.25, 0.3) is 0 Å². The monoisotopic (exact) mass is 250 g/mol. The van der Waals surface area contributed by atoms with Crippen LogP contribution in [-0.2, 0) is 22.4 Å². The van der Waals surface area contributed by atoms with E-state index in [1.54, 1.807) is 13.8 Å². The van der Waals surface area contributed by atoms with Crippen LogP contribution in [0.2, 0.25) is 0 Å². The third kappa shape index (κ3) is 3.87. The molecule has 0 amide bonds. The first kappa shape index (κ1) is 14.2. The van der Waals surface area contributed by atoms with Gasteiger partial charge in [0.15, 0.2) is 0 Å².